The number of hydrogen-bond donors (Lipinski definition) is 2. The van der Waals surface area contributed by atoms with Crippen LogP contribution in [-0.4, -0.2) is 46.7 Å². The second kappa shape index (κ2) is 6.23. The first-order valence-electron chi connectivity index (χ1n) is 9.12. The van der Waals surface area contributed by atoms with Crippen molar-refractivity contribution in [3.63, 3.8) is 0 Å². The molecule has 7 nitrogen and oxygen atoms in total. The summed E-state index contributed by atoms with van der Waals surface area (Å²) < 4.78 is 5.61. The van der Waals surface area contributed by atoms with Gasteiger partial charge in [-0.3, -0.25) is 9.79 Å². The van der Waals surface area contributed by atoms with Crippen LogP contribution in [0.25, 0.3) is 11.0 Å². The third-order valence-electron chi connectivity index (χ3n) is 5.16. The van der Waals surface area contributed by atoms with Gasteiger partial charge in [0.25, 0.3) is 0 Å². The number of allylic oxidation sites excluding steroid dienone is 1. The number of aliphatic imine (C=N–C) groups is 1. The number of imidazole rings is 1. The molecule has 0 bridgehead atoms. The SMILES string of the molecule is COc1c(C)ccc2c1N/C(=C\C(=O)c1ccc3nc[nH]c3c1)N1CCN=C21. The topological polar surface area (TPSA) is 82.6 Å². The fourth-order valence-corrected chi connectivity index (χ4v) is 3.78. The minimum Gasteiger partial charge on any atom is -0.494 e. The van der Waals surface area contributed by atoms with Crippen molar-refractivity contribution in [3.8, 4) is 5.75 Å². The molecule has 0 saturated carbocycles. The zero-order chi connectivity index (χ0) is 19.3. The number of carbonyl (C=O) groups excluding carboxylic acids is 1. The van der Waals surface area contributed by atoms with Crippen molar-refractivity contribution in [1.29, 1.82) is 0 Å². The van der Waals surface area contributed by atoms with Gasteiger partial charge >= 0.3 is 0 Å². The van der Waals surface area contributed by atoms with E-state index in [1.807, 2.05) is 36.1 Å². The molecule has 0 atom stereocenters. The standard InChI is InChI=1S/C21H19N5O2/c1-12-3-5-14-19(20(12)28-2)25-18(26-8-7-22-21(14)26)10-17(27)13-4-6-15-16(9-13)24-11-23-15/h3-6,9-11,25H,7-8H2,1-2H3,(H,23,24)/b18-10+. The number of ketones is 1. The lowest BCUT2D eigenvalue weighted by atomic mass is 10.0. The third-order valence-corrected chi connectivity index (χ3v) is 5.16. The molecule has 7 heteroatoms. The van der Waals surface area contributed by atoms with Gasteiger partial charge in [-0.05, 0) is 36.8 Å². The lowest BCUT2D eigenvalue weighted by molar-refractivity contribution is 0.104. The monoisotopic (exact) mass is 373 g/mol. The van der Waals surface area contributed by atoms with Crippen molar-refractivity contribution in [2.75, 3.05) is 25.5 Å². The average molecular weight is 373 g/mol. The number of nitrogens with one attached hydrogen (secondary N) is 2. The molecule has 1 aromatic heterocycles. The van der Waals surface area contributed by atoms with Gasteiger partial charge in [-0.2, -0.15) is 0 Å². The first kappa shape index (κ1) is 16.6. The van der Waals surface area contributed by atoms with E-state index >= 15 is 0 Å². The smallest absolute Gasteiger partial charge is 0.189 e. The van der Waals surface area contributed by atoms with Crippen LogP contribution in [0.2, 0.25) is 0 Å². The summed E-state index contributed by atoms with van der Waals surface area (Å²) >= 11 is 0. The van der Waals surface area contributed by atoms with Crippen LogP contribution in [0.4, 0.5) is 5.69 Å². The van der Waals surface area contributed by atoms with Crippen molar-refractivity contribution >= 4 is 28.3 Å². The van der Waals surface area contributed by atoms with Crippen LogP contribution < -0.4 is 10.1 Å². The molecule has 140 valence electrons. The van der Waals surface area contributed by atoms with Gasteiger partial charge in [0, 0.05) is 23.7 Å². The molecule has 5 rings (SSSR count). The molecule has 3 heterocycles. The number of amidine groups is 1. The van der Waals surface area contributed by atoms with E-state index in [1.54, 1.807) is 25.6 Å². The summed E-state index contributed by atoms with van der Waals surface area (Å²) in [5.74, 6) is 2.27. The van der Waals surface area contributed by atoms with Crippen LogP contribution in [0.15, 0.2) is 53.5 Å². The number of nitrogens with zero attached hydrogens (tertiary/aromatic N) is 3. The number of methoxy groups -OCH3 is 1. The van der Waals surface area contributed by atoms with Crippen molar-refractivity contribution < 1.29 is 9.53 Å². The van der Waals surface area contributed by atoms with Crippen molar-refractivity contribution in [2.24, 2.45) is 4.99 Å². The Morgan fingerprint density at radius 2 is 2.18 bits per heavy atom. The number of ether oxygens (including phenoxy) is 1. The molecule has 0 amide bonds. The summed E-state index contributed by atoms with van der Waals surface area (Å²) in [7, 11) is 1.65. The number of rotatable bonds is 3. The molecule has 28 heavy (non-hydrogen) atoms. The van der Waals surface area contributed by atoms with Crippen molar-refractivity contribution in [3.05, 3.63) is 65.2 Å². The Hall–Kier alpha value is -3.61. The Morgan fingerprint density at radius 1 is 1.29 bits per heavy atom. The quantitative estimate of drug-likeness (QED) is 0.545. The van der Waals surface area contributed by atoms with Gasteiger partial charge in [0.15, 0.2) is 5.78 Å². The van der Waals surface area contributed by atoms with E-state index in [2.05, 4.69) is 20.3 Å². The molecule has 0 unspecified atom stereocenters. The second-order valence-electron chi connectivity index (χ2n) is 6.85. The Balaban J connectivity index is 1.57. The van der Waals surface area contributed by atoms with E-state index in [-0.39, 0.29) is 5.78 Å². The summed E-state index contributed by atoms with van der Waals surface area (Å²) in [5.41, 5.74) is 5.14. The molecule has 2 N–H and O–H groups in total. The number of carbonyl (C=O) groups is 1. The van der Waals surface area contributed by atoms with E-state index in [0.29, 0.717) is 17.9 Å². The summed E-state index contributed by atoms with van der Waals surface area (Å²) in [6, 6.07) is 9.53. The Labute approximate surface area is 161 Å². The second-order valence-corrected chi connectivity index (χ2v) is 6.85. The van der Waals surface area contributed by atoms with E-state index in [9.17, 15) is 4.79 Å². The molecular formula is C21H19N5O2. The predicted octanol–water partition coefficient (Wildman–Crippen LogP) is 3.09. The van der Waals surface area contributed by atoms with E-state index in [4.69, 9.17) is 4.74 Å². The number of H-pyrrole nitrogens is 1. The summed E-state index contributed by atoms with van der Waals surface area (Å²) in [5, 5.41) is 3.40. The highest BCUT2D eigenvalue weighted by atomic mass is 16.5. The van der Waals surface area contributed by atoms with E-state index in [0.717, 1.165) is 46.0 Å². The highest BCUT2D eigenvalue weighted by molar-refractivity contribution is 6.11. The molecule has 2 aliphatic rings. The predicted molar refractivity (Wildman–Crippen MR) is 108 cm³/mol. The molecule has 0 radical (unpaired) electrons. The number of hydrogen-bond acceptors (Lipinski definition) is 6. The Morgan fingerprint density at radius 3 is 3.04 bits per heavy atom. The van der Waals surface area contributed by atoms with E-state index < -0.39 is 0 Å². The largest absolute Gasteiger partial charge is 0.494 e. The first-order valence-corrected chi connectivity index (χ1v) is 9.12. The number of aromatic amines is 1. The molecule has 2 aromatic carbocycles. The van der Waals surface area contributed by atoms with Gasteiger partial charge < -0.3 is 19.9 Å². The molecule has 2 aliphatic heterocycles. The van der Waals surface area contributed by atoms with Crippen molar-refractivity contribution in [2.45, 2.75) is 6.92 Å². The van der Waals surface area contributed by atoms with Crippen LogP contribution >= 0.6 is 0 Å². The molecule has 0 saturated heterocycles. The molecule has 0 aliphatic carbocycles. The van der Waals surface area contributed by atoms with Gasteiger partial charge in [0.1, 0.15) is 17.4 Å². The minimum atomic E-state index is -0.0830. The van der Waals surface area contributed by atoms with Gasteiger partial charge in [0.2, 0.25) is 0 Å². The molecular weight excluding hydrogens is 354 g/mol. The van der Waals surface area contributed by atoms with Crippen LogP contribution in [-0.2, 0) is 0 Å². The highest BCUT2D eigenvalue weighted by Gasteiger charge is 2.32. The van der Waals surface area contributed by atoms with Crippen LogP contribution in [0.1, 0.15) is 21.5 Å². The molecule has 0 spiro atoms. The van der Waals surface area contributed by atoms with Gasteiger partial charge in [-0.15, -0.1) is 0 Å². The zero-order valence-corrected chi connectivity index (χ0v) is 15.6. The Kier molecular flexibility index (Phi) is 3.68. The van der Waals surface area contributed by atoms with Gasteiger partial charge in [-0.25, -0.2) is 4.98 Å². The summed E-state index contributed by atoms with van der Waals surface area (Å²) in [4.78, 5) is 26.9. The number of benzene rings is 2. The maximum Gasteiger partial charge on any atom is 0.189 e. The number of aryl methyl sites for hydroxylation is 1. The normalized spacial score (nSPS) is 16.6. The average Bonchev–Trinajstić information content (AvgIpc) is 3.37. The number of anilines is 1. The number of fused-ring (bicyclic) bond motifs is 4. The minimum absolute atomic E-state index is 0.0830. The lowest BCUT2D eigenvalue weighted by Crippen LogP contribution is -2.36. The van der Waals surface area contributed by atoms with Gasteiger partial charge in [-0.1, -0.05) is 6.07 Å². The van der Waals surface area contributed by atoms with E-state index in [1.165, 1.54) is 0 Å². The fraction of sp³-hybridized carbons (Fsp3) is 0.190. The van der Waals surface area contributed by atoms with Crippen LogP contribution in [0, 0.1) is 6.92 Å². The maximum atomic E-state index is 13.0. The van der Waals surface area contributed by atoms with Crippen LogP contribution in [0.5, 0.6) is 5.75 Å². The van der Waals surface area contributed by atoms with Crippen LogP contribution in [0.3, 0.4) is 0 Å². The molecule has 0 fully saturated rings. The van der Waals surface area contributed by atoms with Gasteiger partial charge in [0.05, 0.1) is 36.7 Å². The lowest BCUT2D eigenvalue weighted by Gasteiger charge is -2.32. The highest BCUT2D eigenvalue weighted by Crippen LogP contribution is 2.39. The summed E-state index contributed by atoms with van der Waals surface area (Å²) in [6.45, 7) is 3.42. The Bertz CT molecular complexity index is 1170. The third kappa shape index (κ3) is 2.47. The summed E-state index contributed by atoms with van der Waals surface area (Å²) in [6.07, 6.45) is 3.25. The zero-order valence-electron chi connectivity index (χ0n) is 15.6. The maximum absolute atomic E-state index is 13.0. The molecule has 3 aromatic rings. The first-order chi connectivity index (χ1) is 13.7. The van der Waals surface area contributed by atoms with Crippen molar-refractivity contribution in [1.82, 2.24) is 14.9 Å². The number of aromatic nitrogens is 2. The fourth-order valence-electron chi connectivity index (χ4n) is 3.78.